The summed E-state index contributed by atoms with van der Waals surface area (Å²) in [7, 11) is 0. The summed E-state index contributed by atoms with van der Waals surface area (Å²) in [6, 6.07) is 4.44. The zero-order chi connectivity index (χ0) is 16.0. The summed E-state index contributed by atoms with van der Waals surface area (Å²) in [5.41, 5.74) is 0.375. The van der Waals surface area contributed by atoms with Crippen LogP contribution in [0.25, 0.3) is 0 Å². The molecule has 0 atom stereocenters. The third-order valence-corrected chi connectivity index (χ3v) is 3.03. The molecule has 0 saturated carbocycles. The Morgan fingerprint density at radius 3 is 2.05 bits per heavy atom. The fourth-order valence-corrected chi connectivity index (χ4v) is 1.83. The maximum absolute atomic E-state index is 11.8. The Morgan fingerprint density at radius 2 is 1.57 bits per heavy atom. The second-order valence-corrected chi connectivity index (χ2v) is 4.92. The summed E-state index contributed by atoms with van der Waals surface area (Å²) < 4.78 is 0. The van der Waals surface area contributed by atoms with E-state index < -0.39 is 30.9 Å². The Kier molecular flexibility index (Phi) is 6.41. The largest absolute Gasteiger partial charge is 0.480 e. The van der Waals surface area contributed by atoms with Crippen LogP contribution in [0.4, 0.5) is 5.69 Å². The molecule has 1 aromatic rings. The predicted molar refractivity (Wildman–Crippen MR) is 76.8 cm³/mol. The number of nitrogens with one attached hydrogen (secondary N) is 1. The van der Waals surface area contributed by atoms with Gasteiger partial charge in [0.25, 0.3) is 0 Å². The minimum Gasteiger partial charge on any atom is -0.480 e. The molecule has 114 valence electrons. The summed E-state index contributed by atoms with van der Waals surface area (Å²) in [4.78, 5) is 34.0. The molecule has 9 heteroatoms. The molecule has 0 heterocycles. The van der Waals surface area contributed by atoms with Crippen molar-refractivity contribution in [2.75, 3.05) is 25.0 Å². The van der Waals surface area contributed by atoms with E-state index in [1.54, 1.807) is 0 Å². The molecule has 1 amide bonds. The summed E-state index contributed by atoms with van der Waals surface area (Å²) in [6.45, 7) is -1.49. The normalized spacial score (nSPS) is 10.4. The number of nitrogens with zero attached hydrogens (tertiary/aromatic N) is 1. The maximum Gasteiger partial charge on any atom is 0.317 e. The number of carbonyl (C=O) groups is 3. The minimum absolute atomic E-state index is 0.252. The zero-order valence-corrected chi connectivity index (χ0v) is 12.2. The SMILES string of the molecule is O=C(O)CN(CC(=O)O)CC(=O)Nc1ccc(Cl)c(Cl)c1. The van der Waals surface area contributed by atoms with Crippen molar-refractivity contribution < 1.29 is 24.6 Å². The fraction of sp³-hybridized carbons (Fsp3) is 0.250. The average Bonchev–Trinajstić information content (AvgIpc) is 2.31. The molecule has 0 radical (unpaired) electrons. The van der Waals surface area contributed by atoms with Crippen LogP contribution < -0.4 is 5.32 Å². The monoisotopic (exact) mass is 334 g/mol. The summed E-state index contributed by atoms with van der Waals surface area (Å²) in [5, 5.41) is 20.4. The van der Waals surface area contributed by atoms with Gasteiger partial charge in [0.05, 0.1) is 29.7 Å². The van der Waals surface area contributed by atoms with Gasteiger partial charge in [0.15, 0.2) is 0 Å². The highest BCUT2D eigenvalue weighted by Gasteiger charge is 2.17. The number of amides is 1. The average molecular weight is 335 g/mol. The number of halogens is 2. The number of carbonyl (C=O) groups excluding carboxylic acids is 1. The molecule has 21 heavy (non-hydrogen) atoms. The number of hydrogen-bond donors (Lipinski definition) is 3. The number of hydrogen-bond acceptors (Lipinski definition) is 4. The summed E-state index contributed by atoms with van der Waals surface area (Å²) >= 11 is 11.5. The highest BCUT2D eigenvalue weighted by Crippen LogP contribution is 2.24. The van der Waals surface area contributed by atoms with Gasteiger partial charge in [-0.3, -0.25) is 19.3 Å². The molecule has 0 aromatic heterocycles. The fourth-order valence-electron chi connectivity index (χ4n) is 1.53. The smallest absolute Gasteiger partial charge is 0.317 e. The van der Waals surface area contributed by atoms with Gasteiger partial charge in [-0.2, -0.15) is 0 Å². The Morgan fingerprint density at radius 1 is 1.00 bits per heavy atom. The molecule has 0 spiro atoms. The highest BCUT2D eigenvalue weighted by molar-refractivity contribution is 6.42. The van der Waals surface area contributed by atoms with Crippen LogP contribution in [-0.2, 0) is 14.4 Å². The van der Waals surface area contributed by atoms with Crippen molar-refractivity contribution in [1.29, 1.82) is 0 Å². The lowest BCUT2D eigenvalue weighted by Crippen LogP contribution is -2.40. The lowest BCUT2D eigenvalue weighted by molar-refractivity contribution is -0.142. The number of carboxylic acids is 2. The molecular weight excluding hydrogens is 323 g/mol. The van der Waals surface area contributed by atoms with Gasteiger partial charge in [-0.1, -0.05) is 23.2 Å². The van der Waals surface area contributed by atoms with Gasteiger partial charge in [-0.25, -0.2) is 0 Å². The topological polar surface area (TPSA) is 107 Å². The molecule has 0 aliphatic rings. The lowest BCUT2D eigenvalue weighted by Gasteiger charge is -2.17. The van der Waals surface area contributed by atoms with Crippen LogP contribution >= 0.6 is 23.2 Å². The van der Waals surface area contributed by atoms with Gasteiger partial charge in [0.2, 0.25) is 5.91 Å². The van der Waals surface area contributed by atoms with Crippen molar-refractivity contribution in [3.05, 3.63) is 28.2 Å². The van der Waals surface area contributed by atoms with Crippen molar-refractivity contribution in [2.24, 2.45) is 0 Å². The van der Waals surface area contributed by atoms with Crippen LogP contribution in [0.1, 0.15) is 0 Å². The highest BCUT2D eigenvalue weighted by atomic mass is 35.5. The first-order chi connectivity index (χ1) is 9.77. The number of aliphatic carboxylic acids is 2. The van der Waals surface area contributed by atoms with Gasteiger partial charge in [-0.05, 0) is 18.2 Å². The number of rotatable bonds is 7. The van der Waals surface area contributed by atoms with Crippen LogP contribution in [0.5, 0.6) is 0 Å². The van der Waals surface area contributed by atoms with Crippen LogP contribution in [0.2, 0.25) is 10.0 Å². The molecular formula is C12H12Cl2N2O5. The van der Waals surface area contributed by atoms with E-state index >= 15 is 0 Å². The number of benzene rings is 1. The van der Waals surface area contributed by atoms with E-state index in [4.69, 9.17) is 33.4 Å². The molecule has 0 unspecified atom stereocenters. The van der Waals surface area contributed by atoms with Gasteiger partial charge in [0.1, 0.15) is 0 Å². The van der Waals surface area contributed by atoms with Crippen molar-refractivity contribution in [2.45, 2.75) is 0 Å². The predicted octanol–water partition coefficient (Wildman–Crippen LogP) is 1.40. The lowest BCUT2D eigenvalue weighted by atomic mass is 10.3. The van der Waals surface area contributed by atoms with Gasteiger partial charge in [-0.15, -0.1) is 0 Å². The van der Waals surface area contributed by atoms with Crippen LogP contribution in [0.15, 0.2) is 18.2 Å². The van der Waals surface area contributed by atoms with Crippen LogP contribution in [0, 0.1) is 0 Å². The summed E-state index contributed by atoms with van der Waals surface area (Å²) in [5.74, 6) is -3.01. The third kappa shape index (κ3) is 6.44. The van der Waals surface area contributed by atoms with E-state index in [9.17, 15) is 14.4 Å². The van der Waals surface area contributed by atoms with Crippen molar-refractivity contribution in [1.82, 2.24) is 4.90 Å². The molecule has 0 fully saturated rings. The first kappa shape index (κ1) is 17.2. The van der Waals surface area contributed by atoms with Crippen molar-refractivity contribution in [3.8, 4) is 0 Å². The van der Waals surface area contributed by atoms with Crippen LogP contribution in [0.3, 0.4) is 0 Å². The number of carboxylic acid groups (broad SMARTS) is 2. The van der Waals surface area contributed by atoms with Gasteiger partial charge < -0.3 is 15.5 Å². The molecule has 7 nitrogen and oxygen atoms in total. The Labute approximate surface area is 130 Å². The standard InChI is InChI=1S/C12H12Cl2N2O5/c13-8-2-1-7(3-9(8)14)15-10(17)4-16(5-11(18)19)6-12(20)21/h1-3H,4-6H2,(H,15,17)(H,18,19)(H,20,21). The second-order valence-electron chi connectivity index (χ2n) is 4.11. The molecule has 0 aliphatic heterocycles. The number of anilines is 1. The minimum atomic E-state index is -1.22. The molecule has 1 aromatic carbocycles. The van der Waals surface area contributed by atoms with E-state index in [0.717, 1.165) is 4.90 Å². The van der Waals surface area contributed by atoms with E-state index in [-0.39, 0.29) is 11.6 Å². The summed E-state index contributed by atoms with van der Waals surface area (Å²) in [6.07, 6.45) is 0. The maximum atomic E-state index is 11.8. The van der Waals surface area contributed by atoms with E-state index in [0.29, 0.717) is 10.7 Å². The van der Waals surface area contributed by atoms with Crippen LogP contribution in [-0.4, -0.2) is 52.6 Å². The molecule has 0 bridgehead atoms. The quantitative estimate of drug-likeness (QED) is 0.695. The Bertz CT molecular complexity index is 549. The zero-order valence-electron chi connectivity index (χ0n) is 10.7. The molecule has 1 rings (SSSR count). The van der Waals surface area contributed by atoms with Crippen molar-refractivity contribution in [3.63, 3.8) is 0 Å². The van der Waals surface area contributed by atoms with Crippen molar-refractivity contribution >= 4 is 46.7 Å². The second kappa shape index (κ2) is 7.82. The van der Waals surface area contributed by atoms with E-state index in [2.05, 4.69) is 5.32 Å². The Hall–Kier alpha value is -1.83. The molecule has 0 saturated heterocycles. The first-order valence-electron chi connectivity index (χ1n) is 5.68. The van der Waals surface area contributed by atoms with E-state index in [1.807, 2.05) is 0 Å². The molecule has 0 aliphatic carbocycles. The third-order valence-electron chi connectivity index (χ3n) is 2.29. The molecule has 3 N–H and O–H groups in total. The van der Waals surface area contributed by atoms with E-state index in [1.165, 1.54) is 18.2 Å². The van der Waals surface area contributed by atoms with Gasteiger partial charge >= 0.3 is 11.9 Å². The van der Waals surface area contributed by atoms with Gasteiger partial charge in [0, 0.05) is 5.69 Å². The first-order valence-corrected chi connectivity index (χ1v) is 6.44. The Balaban J connectivity index is 2.66.